The highest BCUT2D eigenvalue weighted by atomic mass is 32.2. The van der Waals surface area contributed by atoms with Crippen LogP contribution in [0, 0.1) is 0 Å². The second-order valence-electron chi connectivity index (χ2n) is 7.23. The van der Waals surface area contributed by atoms with Crippen LogP contribution in [0.4, 0.5) is 5.69 Å². The molecule has 1 N–H and O–H groups in total. The first-order valence-electron chi connectivity index (χ1n) is 10.1. The number of para-hydroxylation sites is 1. The minimum Gasteiger partial charge on any atom is -0.497 e. The molecule has 0 saturated heterocycles. The number of ether oxygens (including phenoxy) is 2. The van der Waals surface area contributed by atoms with E-state index in [9.17, 15) is 18.3 Å². The molecule has 0 aliphatic rings. The maximum Gasteiger partial charge on any atom is 0.339 e. The molecule has 0 amide bonds. The van der Waals surface area contributed by atoms with Crippen molar-refractivity contribution in [3.05, 3.63) is 84.3 Å². The van der Waals surface area contributed by atoms with Crippen LogP contribution in [0.5, 0.6) is 11.5 Å². The van der Waals surface area contributed by atoms with Gasteiger partial charge in [-0.1, -0.05) is 18.2 Å². The molecule has 0 atom stereocenters. The van der Waals surface area contributed by atoms with Crippen LogP contribution in [0.1, 0.15) is 15.9 Å². The number of hydrogen-bond acceptors (Lipinski definition) is 7. The average molecular weight is 480 g/mol. The minimum absolute atomic E-state index is 0.0175. The zero-order chi connectivity index (χ0) is 24.3. The lowest BCUT2D eigenvalue weighted by Gasteiger charge is -2.27. The van der Waals surface area contributed by atoms with E-state index < -0.39 is 16.0 Å². The summed E-state index contributed by atoms with van der Waals surface area (Å²) in [5.74, 6) is -0.435. The Morgan fingerprint density at radius 1 is 1.00 bits per heavy atom. The normalized spacial score (nSPS) is 11.2. The predicted molar refractivity (Wildman–Crippen MR) is 126 cm³/mol. The van der Waals surface area contributed by atoms with Gasteiger partial charge in [-0.2, -0.15) is 0 Å². The zero-order valence-corrected chi connectivity index (χ0v) is 19.2. The van der Waals surface area contributed by atoms with Crippen LogP contribution in [0.3, 0.4) is 0 Å². The third-order valence-corrected chi connectivity index (χ3v) is 6.99. The summed E-state index contributed by atoms with van der Waals surface area (Å²) >= 11 is 0. The molecule has 4 rings (SSSR count). The molecular weight excluding hydrogens is 458 g/mol. The molecule has 2 heterocycles. The van der Waals surface area contributed by atoms with Gasteiger partial charge in [0.25, 0.3) is 10.0 Å². The van der Waals surface area contributed by atoms with E-state index in [-0.39, 0.29) is 22.7 Å². The van der Waals surface area contributed by atoms with Crippen molar-refractivity contribution in [3.63, 3.8) is 0 Å². The summed E-state index contributed by atoms with van der Waals surface area (Å²) in [6.07, 6.45) is 4.24. The number of carboxylic acid groups (broad SMARTS) is 1. The molecular formula is C24H21N3O6S. The Kier molecular flexibility index (Phi) is 6.33. The number of hydrogen-bond donors (Lipinski definition) is 1. The molecule has 0 fully saturated rings. The Morgan fingerprint density at radius 2 is 1.76 bits per heavy atom. The van der Waals surface area contributed by atoms with E-state index in [1.165, 1.54) is 44.7 Å². The molecule has 2 aromatic carbocycles. The summed E-state index contributed by atoms with van der Waals surface area (Å²) in [5.41, 5.74) is 0.632. The fourth-order valence-corrected chi connectivity index (χ4v) is 5.08. The molecule has 34 heavy (non-hydrogen) atoms. The second kappa shape index (κ2) is 9.36. The van der Waals surface area contributed by atoms with Gasteiger partial charge in [0, 0.05) is 24.0 Å². The first-order valence-corrected chi connectivity index (χ1v) is 11.6. The lowest BCUT2D eigenvalue weighted by molar-refractivity contribution is 0.0697. The number of nitrogens with zero attached hydrogens (tertiary/aromatic N) is 3. The third-order valence-electron chi connectivity index (χ3n) is 5.23. The Morgan fingerprint density at radius 3 is 2.38 bits per heavy atom. The molecule has 10 heteroatoms. The van der Waals surface area contributed by atoms with Gasteiger partial charge in [-0.25, -0.2) is 13.2 Å². The van der Waals surface area contributed by atoms with E-state index in [1.807, 2.05) is 0 Å². The molecule has 0 aliphatic carbocycles. The van der Waals surface area contributed by atoms with Gasteiger partial charge in [0.2, 0.25) is 0 Å². The number of rotatable bonds is 8. The molecule has 174 valence electrons. The van der Waals surface area contributed by atoms with Gasteiger partial charge in [-0.15, -0.1) is 0 Å². The Labute approximate surface area is 196 Å². The van der Waals surface area contributed by atoms with Crippen molar-refractivity contribution in [2.24, 2.45) is 0 Å². The standard InChI is InChI=1S/C24H21N3O6S/c1-32-17-8-10-18(11-9-17)34(30,31)27(15-16-5-4-12-25-13-16)23-19-6-3-7-21(33-2)22(19)26-14-20(23)24(28)29/h3-14H,15H2,1-2H3,(H,28,29). The fraction of sp³-hybridized carbons (Fsp3) is 0.125. The number of aromatic nitrogens is 2. The monoisotopic (exact) mass is 479 g/mol. The number of methoxy groups -OCH3 is 2. The van der Waals surface area contributed by atoms with Crippen LogP contribution in [0.2, 0.25) is 0 Å². The van der Waals surface area contributed by atoms with Gasteiger partial charge in [-0.3, -0.25) is 14.3 Å². The van der Waals surface area contributed by atoms with Gasteiger partial charge in [-0.05, 0) is 42.0 Å². The molecule has 0 aliphatic heterocycles. The first-order chi connectivity index (χ1) is 16.4. The van der Waals surface area contributed by atoms with Crippen LogP contribution in [0.25, 0.3) is 10.9 Å². The number of pyridine rings is 2. The molecule has 0 bridgehead atoms. The number of fused-ring (bicyclic) bond motifs is 1. The number of carbonyl (C=O) groups is 1. The number of benzene rings is 2. The predicted octanol–water partition coefficient (Wildman–Crippen LogP) is 3.74. The van der Waals surface area contributed by atoms with E-state index in [4.69, 9.17) is 9.47 Å². The molecule has 0 radical (unpaired) electrons. The topological polar surface area (TPSA) is 119 Å². The van der Waals surface area contributed by atoms with Crippen molar-refractivity contribution in [2.45, 2.75) is 11.4 Å². The van der Waals surface area contributed by atoms with Gasteiger partial charge >= 0.3 is 5.97 Å². The summed E-state index contributed by atoms with van der Waals surface area (Å²) in [5, 5.41) is 10.3. The van der Waals surface area contributed by atoms with E-state index in [0.717, 1.165) is 10.5 Å². The molecule has 0 spiro atoms. The summed E-state index contributed by atoms with van der Waals surface area (Å²) in [4.78, 5) is 20.5. The SMILES string of the molecule is COc1ccc(S(=O)(=O)N(Cc2cccnc2)c2c(C(=O)O)cnc3c(OC)cccc23)cc1. The van der Waals surface area contributed by atoms with Crippen LogP contribution in [-0.2, 0) is 16.6 Å². The van der Waals surface area contributed by atoms with Crippen molar-refractivity contribution in [3.8, 4) is 11.5 Å². The molecule has 2 aromatic heterocycles. The second-order valence-corrected chi connectivity index (χ2v) is 9.09. The number of anilines is 1. The van der Waals surface area contributed by atoms with Crippen molar-refractivity contribution < 1.29 is 27.8 Å². The summed E-state index contributed by atoms with van der Waals surface area (Å²) in [7, 11) is -1.29. The van der Waals surface area contributed by atoms with Gasteiger partial charge in [0.15, 0.2) is 0 Å². The fourth-order valence-electron chi connectivity index (χ4n) is 3.59. The van der Waals surface area contributed by atoms with Crippen molar-refractivity contribution in [1.29, 1.82) is 0 Å². The summed E-state index contributed by atoms with van der Waals surface area (Å²) in [6.45, 7) is -0.154. The lowest BCUT2D eigenvalue weighted by Crippen LogP contribution is -2.32. The van der Waals surface area contributed by atoms with E-state index in [2.05, 4.69) is 9.97 Å². The van der Waals surface area contributed by atoms with Crippen LogP contribution >= 0.6 is 0 Å². The van der Waals surface area contributed by atoms with Gasteiger partial charge in [0.1, 0.15) is 22.6 Å². The molecule has 0 unspecified atom stereocenters. The zero-order valence-electron chi connectivity index (χ0n) is 18.4. The summed E-state index contributed by atoms with van der Waals surface area (Å²) in [6, 6.07) is 14.2. The van der Waals surface area contributed by atoms with Crippen LogP contribution in [0.15, 0.2) is 78.1 Å². The third kappa shape index (κ3) is 4.23. The first kappa shape index (κ1) is 23.0. The number of aromatic carboxylic acids is 1. The molecule has 4 aromatic rings. The quantitative estimate of drug-likeness (QED) is 0.406. The highest BCUT2D eigenvalue weighted by molar-refractivity contribution is 7.92. The maximum absolute atomic E-state index is 13.9. The highest BCUT2D eigenvalue weighted by Crippen LogP contribution is 2.38. The summed E-state index contributed by atoms with van der Waals surface area (Å²) < 4.78 is 39.4. The van der Waals surface area contributed by atoms with Crippen molar-refractivity contribution >= 4 is 32.6 Å². The van der Waals surface area contributed by atoms with Gasteiger partial charge in [0.05, 0.1) is 31.3 Å². The van der Waals surface area contributed by atoms with Gasteiger partial charge < -0.3 is 14.6 Å². The Balaban J connectivity index is 2.02. The number of carboxylic acids is 1. The molecule has 9 nitrogen and oxygen atoms in total. The average Bonchev–Trinajstić information content (AvgIpc) is 2.86. The smallest absolute Gasteiger partial charge is 0.339 e. The highest BCUT2D eigenvalue weighted by Gasteiger charge is 2.31. The minimum atomic E-state index is -4.23. The van der Waals surface area contributed by atoms with Crippen LogP contribution < -0.4 is 13.8 Å². The largest absolute Gasteiger partial charge is 0.497 e. The Hall–Kier alpha value is -4.18. The van der Waals surface area contributed by atoms with E-state index in [0.29, 0.717) is 28.0 Å². The van der Waals surface area contributed by atoms with E-state index in [1.54, 1.807) is 36.5 Å². The lowest BCUT2D eigenvalue weighted by atomic mass is 10.1. The Bertz CT molecular complexity index is 1440. The molecule has 0 saturated carbocycles. The van der Waals surface area contributed by atoms with Crippen molar-refractivity contribution in [2.75, 3.05) is 18.5 Å². The van der Waals surface area contributed by atoms with E-state index >= 15 is 0 Å². The number of sulfonamides is 1. The maximum atomic E-state index is 13.9. The van der Waals surface area contributed by atoms with Crippen LogP contribution in [-0.4, -0.2) is 43.7 Å². The van der Waals surface area contributed by atoms with Crippen molar-refractivity contribution in [1.82, 2.24) is 9.97 Å².